The third-order valence-corrected chi connectivity index (χ3v) is 5.84. The fraction of sp³-hybridized carbons (Fsp3) is 0.750. The van der Waals surface area contributed by atoms with Gasteiger partial charge in [0.2, 0.25) is 5.91 Å². The zero-order valence-corrected chi connectivity index (χ0v) is 14.1. The lowest BCUT2D eigenvalue weighted by Crippen LogP contribution is -2.50. The predicted octanol–water partition coefficient (Wildman–Crippen LogP) is 1.47. The summed E-state index contributed by atoms with van der Waals surface area (Å²) < 4.78 is 0. The molecule has 6 heteroatoms. The Morgan fingerprint density at radius 1 is 1.36 bits per heavy atom. The van der Waals surface area contributed by atoms with E-state index in [-0.39, 0.29) is 5.92 Å². The number of amides is 1. The fourth-order valence-corrected chi connectivity index (χ4v) is 4.32. The van der Waals surface area contributed by atoms with Crippen LogP contribution in [0.3, 0.4) is 0 Å². The van der Waals surface area contributed by atoms with Crippen LogP contribution in [0.4, 0.5) is 0 Å². The molecule has 0 radical (unpaired) electrons. The van der Waals surface area contributed by atoms with Crippen LogP contribution in [0.15, 0.2) is 5.38 Å². The van der Waals surface area contributed by atoms with Crippen LogP contribution in [0.25, 0.3) is 0 Å². The molecule has 0 spiro atoms. The average Bonchev–Trinajstić information content (AvgIpc) is 3.16. The van der Waals surface area contributed by atoms with Crippen molar-refractivity contribution in [3.8, 4) is 0 Å². The molecule has 0 unspecified atom stereocenters. The molecule has 0 aromatic carbocycles. The number of aromatic nitrogens is 1. The Morgan fingerprint density at radius 2 is 2.14 bits per heavy atom. The van der Waals surface area contributed by atoms with Crippen molar-refractivity contribution in [2.45, 2.75) is 32.7 Å². The summed E-state index contributed by atoms with van der Waals surface area (Å²) in [5.74, 6) is 0.929. The number of carbonyl (C=O) groups is 1. The van der Waals surface area contributed by atoms with Gasteiger partial charge in [-0.1, -0.05) is 6.42 Å². The van der Waals surface area contributed by atoms with E-state index in [1.165, 1.54) is 0 Å². The van der Waals surface area contributed by atoms with Crippen molar-refractivity contribution in [1.82, 2.24) is 14.8 Å². The molecule has 3 rings (SSSR count). The van der Waals surface area contributed by atoms with Crippen LogP contribution < -0.4 is 5.73 Å². The van der Waals surface area contributed by atoms with E-state index in [1.807, 2.05) is 6.92 Å². The number of piperazine rings is 1. The Hall–Kier alpha value is -0.980. The van der Waals surface area contributed by atoms with E-state index < -0.39 is 0 Å². The standard InChI is InChI=1S/C16H26N4OS/c1-12-18-14(11-22-12)10-19-5-7-20(8-6-19)16(21)15-4-2-3-13(15)9-17/h11,13,15H,2-10,17H2,1H3/t13-,15-/m1/s1. The summed E-state index contributed by atoms with van der Waals surface area (Å²) in [5, 5.41) is 3.26. The highest BCUT2D eigenvalue weighted by atomic mass is 32.1. The molecule has 1 aromatic heterocycles. The first kappa shape index (κ1) is 15.9. The van der Waals surface area contributed by atoms with E-state index in [4.69, 9.17) is 5.73 Å². The molecule has 2 fully saturated rings. The number of nitrogens with two attached hydrogens (primary N) is 1. The van der Waals surface area contributed by atoms with Crippen molar-refractivity contribution in [2.24, 2.45) is 17.6 Å². The minimum Gasteiger partial charge on any atom is -0.340 e. The molecule has 5 nitrogen and oxygen atoms in total. The van der Waals surface area contributed by atoms with Gasteiger partial charge in [-0.2, -0.15) is 0 Å². The number of rotatable bonds is 4. The van der Waals surface area contributed by atoms with Crippen LogP contribution in [0.2, 0.25) is 0 Å². The monoisotopic (exact) mass is 322 g/mol. The van der Waals surface area contributed by atoms with Crippen molar-refractivity contribution >= 4 is 17.2 Å². The Balaban J connectivity index is 1.50. The molecule has 1 aliphatic carbocycles. The van der Waals surface area contributed by atoms with Crippen molar-refractivity contribution in [3.05, 3.63) is 16.1 Å². The first-order valence-electron chi connectivity index (χ1n) is 8.29. The zero-order chi connectivity index (χ0) is 15.5. The smallest absolute Gasteiger partial charge is 0.226 e. The SMILES string of the molecule is Cc1nc(CN2CCN(C(=O)[C@@H]3CCC[C@@H]3CN)CC2)cs1. The van der Waals surface area contributed by atoms with Gasteiger partial charge in [0.25, 0.3) is 0 Å². The zero-order valence-electron chi connectivity index (χ0n) is 13.3. The summed E-state index contributed by atoms with van der Waals surface area (Å²) in [6.45, 7) is 7.18. The van der Waals surface area contributed by atoms with Gasteiger partial charge in [0.05, 0.1) is 10.7 Å². The van der Waals surface area contributed by atoms with Crippen LogP contribution in [0.1, 0.15) is 30.0 Å². The Kier molecular flexibility index (Phi) is 5.10. The van der Waals surface area contributed by atoms with Crippen LogP contribution in [0, 0.1) is 18.8 Å². The molecule has 0 bridgehead atoms. The number of hydrogen-bond donors (Lipinski definition) is 1. The fourth-order valence-electron chi connectivity index (χ4n) is 3.71. The van der Waals surface area contributed by atoms with E-state index >= 15 is 0 Å². The second kappa shape index (κ2) is 7.06. The van der Waals surface area contributed by atoms with Gasteiger partial charge in [0.1, 0.15) is 0 Å². The van der Waals surface area contributed by atoms with Crippen molar-refractivity contribution in [1.29, 1.82) is 0 Å². The molecule has 2 atom stereocenters. The molecule has 22 heavy (non-hydrogen) atoms. The molecular formula is C16H26N4OS. The number of thiazole rings is 1. The van der Waals surface area contributed by atoms with Gasteiger partial charge in [-0.15, -0.1) is 11.3 Å². The van der Waals surface area contributed by atoms with E-state index in [1.54, 1.807) is 11.3 Å². The lowest BCUT2D eigenvalue weighted by atomic mass is 9.94. The Morgan fingerprint density at radius 3 is 2.77 bits per heavy atom. The normalized spacial score (nSPS) is 26.5. The van der Waals surface area contributed by atoms with Gasteiger partial charge in [-0.3, -0.25) is 9.69 Å². The second-order valence-corrected chi connectivity index (χ2v) is 7.55. The molecule has 1 saturated carbocycles. The molecular weight excluding hydrogens is 296 g/mol. The summed E-state index contributed by atoms with van der Waals surface area (Å²) in [4.78, 5) is 21.7. The summed E-state index contributed by atoms with van der Waals surface area (Å²) in [6.07, 6.45) is 3.30. The van der Waals surface area contributed by atoms with Gasteiger partial charge in [0, 0.05) is 44.0 Å². The van der Waals surface area contributed by atoms with Gasteiger partial charge >= 0.3 is 0 Å². The quantitative estimate of drug-likeness (QED) is 0.912. The molecule has 1 aliphatic heterocycles. The molecule has 1 aromatic rings. The van der Waals surface area contributed by atoms with E-state index in [0.29, 0.717) is 18.4 Å². The number of nitrogens with zero attached hydrogens (tertiary/aromatic N) is 3. The first-order chi connectivity index (χ1) is 10.7. The maximum atomic E-state index is 12.7. The van der Waals surface area contributed by atoms with Crippen molar-refractivity contribution < 1.29 is 4.79 Å². The third kappa shape index (κ3) is 3.50. The summed E-state index contributed by atoms with van der Waals surface area (Å²) in [5.41, 5.74) is 6.97. The number of aryl methyl sites for hydroxylation is 1. The van der Waals surface area contributed by atoms with Crippen LogP contribution in [-0.4, -0.2) is 53.4 Å². The molecule has 2 heterocycles. The lowest BCUT2D eigenvalue weighted by Gasteiger charge is -2.36. The molecule has 122 valence electrons. The summed E-state index contributed by atoms with van der Waals surface area (Å²) >= 11 is 1.70. The largest absolute Gasteiger partial charge is 0.340 e. The maximum Gasteiger partial charge on any atom is 0.226 e. The van der Waals surface area contributed by atoms with Gasteiger partial charge < -0.3 is 10.6 Å². The predicted molar refractivity (Wildman–Crippen MR) is 88.6 cm³/mol. The van der Waals surface area contributed by atoms with Gasteiger partial charge in [0.15, 0.2) is 0 Å². The number of hydrogen-bond acceptors (Lipinski definition) is 5. The summed E-state index contributed by atoms with van der Waals surface area (Å²) in [6, 6.07) is 0. The van der Waals surface area contributed by atoms with Crippen LogP contribution in [-0.2, 0) is 11.3 Å². The molecule has 1 amide bonds. The molecule has 2 aliphatic rings. The first-order valence-corrected chi connectivity index (χ1v) is 9.17. The number of carbonyl (C=O) groups excluding carboxylic acids is 1. The Labute approximate surface area is 136 Å². The van der Waals surface area contributed by atoms with E-state index in [0.717, 1.165) is 62.7 Å². The lowest BCUT2D eigenvalue weighted by molar-refractivity contribution is -0.138. The third-order valence-electron chi connectivity index (χ3n) is 5.02. The van der Waals surface area contributed by atoms with E-state index in [2.05, 4.69) is 20.2 Å². The highest BCUT2D eigenvalue weighted by Crippen LogP contribution is 2.32. The summed E-state index contributed by atoms with van der Waals surface area (Å²) in [7, 11) is 0. The van der Waals surface area contributed by atoms with Crippen LogP contribution >= 0.6 is 11.3 Å². The van der Waals surface area contributed by atoms with Crippen LogP contribution in [0.5, 0.6) is 0 Å². The molecule has 2 N–H and O–H groups in total. The van der Waals surface area contributed by atoms with E-state index in [9.17, 15) is 4.79 Å². The van der Waals surface area contributed by atoms with Gasteiger partial charge in [-0.05, 0) is 32.2 Å². The highest BCUT2D eigenvalue weighted by molar-refractivity contribution is 7.09. The minimum atomic E-state index is 0.178. The second-order valence-electron chi connectivity index (χ2n) is 6.49. The van der Waals surface area contributed by atoms with Crippen molar-refractivity contribution in [3.63, 3.8) is 0 Å². The Bertz CT molecular complexity index is 510. The average molecular weight is 322 g/mol. The maximum absolute atomic E-state index is 12.7. The topological polar surface area (TPSA) is 62.5 Å². The highest BCUT2D eigenvalue weighted by Gasteiger charge is 2.35. The van der Waals surface area contributed by atoms with Gasteiger partial charge in [-0.25, -0.2) is 4.98 Å². The molecule has 1 saturated heterocycles. The van der Waals surface area contributed by atoms with Crippen molar-refractivity contribution in [2.75, 3.05) is 32.7 Å². The minimum absolute atomic E-state index is 0.178.